The monoisotopic (exact) mass is 308 g/mol. The molecule has 4 nitrogen and oxygen atoms in total. The molecule has 0 fully saturated rings. The zero-order valence-corrected chi connectivity index (χ0v) is 13.3. The number of anilines is 1. The van der Waals surface area contributed by atoms with Crippen LogP contribution in [-0.4, -0.2) is 17.2 Å². The molecule has 0 saturated heterocycles. The van der Waals surface area contributed by atoms with Crippen LogP contribution in [0, 0.1) is 6.92 Å². The van der Waals surface area contributed by atoms with E-state index in [0.29, 0.717) is 6.54 Å². The molecule has 118 valence electrons. The van der Waals surface area contributed by atoms with Crippen molar-refractivity contribution in [3.63, 3.8) is 0 Å². The van der Waals surface area contributed by atoms with E-state index < -0.39 is 0 Å². The second kappa shape index (κ2) is 6.67. The van der Waals surface area contributed by atoms with Gasteiger partial charge < -0.3 is 15.2 Å². The van der Waals surface area contributed by atoms with Gasteiger partial charge in [0, 0.05) is 23.3 Å². The molecule has 0 aliphatic carbocycles. The van der Waals surface area contributed by atoms with Crippen LogP contribution in [0.15, 0.2) is 48.5 Å². The standard InChI is InChI=1S/C19H20N2O2/c1-13-9-19(17-10-16(23-2)7-8-18(17)21-13)20-11-14-5-3-4-6-15(14)12-22/h3-10,22H,11-12H2,1-2H3,(H,20,21). The summed E-state index contributed by atoms with van der Waals surface area (Å²) >= 11 is 0. The lowest BCUT2D eigenvalue weighted by Crippen LogP contribution is -2.04. The van der Waals surface area contributed by atoms with Crippen LogP contribution in [0.5, 0.6) is 5.75 Å². The molecule has 0 saturated carbocycles. The van der Waals surface area contributed by atoms with Crippen molar-refractivity contribution in [3.05, 3.63) is 65.4 Å². The van der Waals surface area contributed by atoms with Gasteiger partial charge in [-0.2, -0.15) is 0 Å². The number of aryl methyl sites for hydroxylation is 1. The molecule has 3 aromatic rings. The van der Waals surface area contributed by atoms with Gasteiger partial charge >= 0.3 is 0 Å². The molecule has 2 aromatic carbocycles. The van der Waals surface area contributed by atoms with Gasteiger partial charge in [0.05, 0.1) is 19.2 Å². The lowest BCUT2D eigenvalue weighted by atomic mass is 10.1. The maximum Gasteiger partial charge on any atom is 0.119 e. The maximum absolute atomic E-state index is 9.45. The van der Waals surface area contributed by atoms with Crippen molar-refractivity contribution in [3.8, 4) is 5.75 Å². The van der Waals surface area contributed by atoms with Gasteiger partial charge in [0.15, 0.2) is 0 Å². The number of fused-ring (bicyclic) bond motifs is 1. The van der Waals surface area contributed by atoms with Crippen molar-refractivity contribution in [2.24, 2.45) is 0 Å². The van der Waals surface area contributed by atoms with Crippen LogP contribution in [0.3, 0.4) is 0 Å². The molecule has 0 unspecified atom stereocenters. The van der Waals surface area contributed by atoms with Gasteiger partial charge in [-0.25, -0.2) is 0 Å². The number of methoxy groups -OCH3 is 1. The molecule has 0 aliphatic heterocycles. The Morgan fingerprint density at radius 3 is 2.61 bits per heavy atom. The first-order chi connectivity index (χ1) is 11.2. The number of nitrogens with zero attached hydrogens (tertiary/aromatic N) is 1. The quantitative estimate of drug-likeness (QED) is 0.755. The molecule has 4 heteroatoms. The van der Waals surface area contributed by atoms with Gasteiger partial charge in [0.25, 0.3) is 0 Å². The van der Waals surface area contributed by atoms with Crippen LogP contribution < -0.4 is 10.1 Å². The highest BCUT2D eigenvalue weighted by atomic mass is 16.5. The Hall–Kier alpha value is -2.59. The van der Waals surface area contributed by atoms with E-state index in [1.165, 1.54) is 0 Å². The van der Waals surface area contributed by atoms with Crippen LogP contribution in [0.4, 0.5) is 5.69 Å². The van der Waals surface area contributed by atoms with Crippen LogP contribution >= 0.6 is 0 Å². The third kappa shape index (κ3) is 3.27. The van der Waals surface area contributed by atoms with Crippen molar-refractivity contribution >= 4 is 16.6 Å². The minimum atomic E-state index is 0.0434. The molecule has 2 N–H and O–H groups in total. The third-order valence-corrected chi connectivity index (χ3v) is 3.90. The summed E-state index contributed by atoms with van der Waals surface area (Å²) in [5.41, 5.74) is 4.93. The third-order valence-electron chi connectivity index (χ3n) is 3.90. The van der Waals surface area contributed by atoms with Crippen LogP contribution in [0.2, 0.25) is 0 Å². The van der Waals surface area contributed by atoms with Crippen molar-refractivity contribution in [2.45, 2.75) is 20.1 Å². The second-order valence-corrected chi connectivity index (χ2v) is 5.47. The molecule has 1 heterocycles. The summed E-state index contributed by atoms with van der Waals surface area (Å²) < 4.78 is 5.32. The topological polar surface area (TPSA) is 54.4 Å². The molecule has 0 atom stereocenters. The molecule has 0 bridgehead atoms. The summed E-state index contributed by atoms with van der Waals surface area (Å²) in [4.78, 5) is 4.56. The fraction of sp³-hybridized carbons (Fsp3) is 0.211. The van der Waals surface area contributed by atoms with E-state index in [1.54, 1.807) is 7.11 Å². The predicted octanol–water partition coefficient (Wildman–Crippen LogP) is 3.66. The van der Waals surface area contributed by atoms with Crippen LogP contribution in [-0.2, 0) is 13.2 Å². The van der Waals surface area contributed by atoms with E-state index in [0.717, 1.165) is 39.2 Å². The number of nitrogens with one attached hydrogen (secondary N) is 1. The largest absolute Gasteiger partial charge is 0.497 e. The lowest BCUT2D eigenvalue weighted by molar-refractivity contribution is 0.280. The first-order valence-electron chi connectivity index (χ1n) is 7.58. The molecule has 0 amide bonds. The van der Waals surface area contributed by atoms with Crippen molar-refractivity contribution < 1.29 is 9.84 Å². The molecule has 0 aliphatic rings. The number of pyridine rings is 1. The Morgan fingerprint density at radius 2 is 1.87 bits per heavy atom. The van der Waals surface area contributed by atoms with Gasteiger partial charge in [0.1, 0.15) is 5.75 Å². The van der Waals surface area contributed by atoms with E-state index in [-0.39, 0.29) is 6.61 Å². The molecule has 23 heavy (non-hydrogen) atoms. The molecule has 0 radical (unpaired) electrons. The summed E-state index contributed by atoms with van der Waals surface area (Å²) in [6.45, 7) is 2.67. The summed E-state index contributed by atoms with van der Waals surface area (Å²) in [6.07, 6.45) is 0. The predicted molar refractivity (Wildman–Crippen MR) is 92.7 cm³/mol. The number of aromatic nitrogens is 1. The highest BCUT2D eigenvalue weighted by Crippen LogP contribution is 2.27. The van der Waals surface area contributed by atoms with Gasteiger partial charge in [-0.1, -0.05) is 24.3 Å². The molecular weight excluding hydrogens is 288 g/mol. The zero-order chi connectivity index (χ0) is 16.2. The number of rotatable bonds is 5. The van der Waals surface area contributed by atoms with E-state index >= 15 is 0 Å². The fourth-order valence-electron chi connectivity index (χ4n) is 2.69. The Bertz CT molecular complexity index is 831. The van der Waals surface area contributed by atoms with Gasteiger partial charge in [-0.05, 0) is 42.3 Å². The Labute approximate surface area is 135 Å². The number of aliphatic hydroxyl groups excluding tert-OH is 1. The van der Waals surface area contributed by atoms with Gasteiger partial charge in [-0.3, -0.25) is 4.98 Å². The van der Waals surface area contributed by atoms with E-state index in [9.17, 15) is 5.11 Å². The Morgan fingerprint density at radius 1 is 1.09 bits per heavy atom. The van der Waals surface area contributed by atoms with Gasteiger partial charge in [-0.15, -0.1) is 0 Å². The smallest absolute Gasteiger partial charge is 0.119 e. The molecule has 3 rings (SSSR count). The number of hydrogen-bond donors (Lipinski definition) is 2. The normalized spacial score (nSPS) is 10.7. The molecular formula is C19H20N2O2. The Balaban J connectivity index is 1.95. The maximum atomic E-state index is 9.45. The average Bonchev–Trinajstić information content (AvgIpc) is 2.59. The first kappa shape index (κ1) is 15.3. The molecule has 1 aromatic heterocycles. The fourth-order valence-corrected chi connectivity index (χ4v) is 2.69. The number of hydrogen-bond acceptors (Lipinski definition) is 4. The van der Waals surface area contributed by atoms with Gasteiger partial charge in [0.2, 0.25) is 0 Å². The summed E-state index contributed by atoms with van der Waals surface area (Å²) in [5, 5.41) is 13.9. The Kier molecular flexibility index (Phi) is 4.44. The average molecular weight is 308 g/mol. The SMILES string of the molecule is COc1ccc2nc(C)cc(NCc3ccccc3CO)c2c1. The number of aliphatic hydroxyl groups is 1. The lowest BCUT2D eigenvalue weighted by Gasteiger charge is -2.13. The van der Waals surface area contributed by atoms with E-state index in [4.69, 9.17) is 4.74 Å². The number of benzene rings is 2. The highest BCUT2D eigenvalue weighted by Gasteiger charge is 2.07. The second-order valence-electron chi connectivity index (χ2n) is 5.47. The van der Waals surface area contributed by atoms with Crippen molar-refractivity contribution in [2.75, 3.05) is 12.4 Å². The minimum Gasteiger partial charge on any atom is -0.497 e. The van der Waals surface area contributed by atoms with Crippen LogP contribution in [0.25, 0.3) is 10.9 Å². The number of ether oxygens (including phenoxy) is 1. The first-order valence-corrected chi connectivity index (χ1v) is 7.58. The summed E-state index contributed by atoms with van der Waals surface area (Å²) in [7, 11) is 1.66. The summed E-state index contributed by atoms with van der Waals surface area (Å²) in [6, 6.07) is 15.8. The van der Waals surface area contributed by atoms with Crippen molar-refractivity contribution in [1.29, 1.82) is 0 Å². The van der Waals surface area contributed by atoms with E-state index in [2.05, 4.69) is 10.3 Å². The van der Waals surface area contributed by atoms with E-state index in [1.807, 2.05) is 55.5 Å². The van der Waals surface area contributed by atoms with Crippen molar-refractivity contribution in [1.82, 2.24) is 4.98 Å². The zero-order valence-electron chi connectivity index (χ0n) is 13.3. The highest BCUT2D eigenvalue weighted by molar-refractivity contribution is 5.92. The van der Waals surface area contributed by atoms with Crippen LogP contribution in [0.1, 0.15) is 16.8 Å². The minimum absolute atomic E-state index is 0.0434. The molecule has 0 spiro atoms. The summed E-state index contributed by atoms with van der Waals surface area (Å²) in [5.74, 6) is 0.807.